The average Bonchev–Trinajstić information content (AvgIpc) is 1.48. The summed E-state index contributed by atoms with van der Waals surface area (Å²) in [6, 6.07) is -11.9. The van der Waals surface area contributed by atoms with E-state index in [0.29, 0.717) is 25.7 Å². The zero-order chi connectivity index (χ0) is 85.4. The van der Waals surface area contributed by atoms with Gasteiger partial charge in [-0.15, -0.1) is 0 Å². The lowest BCUT2D eigenvalue weighted by Gasteiger charge is -2.28. The summed E-state index contributed by atoms with van der Waals surface area (Å²) in [7, 11) is 1.48. The van der Waals surface area contributed by atoms with Gasteiger partial charge in [-0.25, -0.2) is 0 Å². The molecule has 1 saturated heterocycles. The number of nitrogens with zero attached hydrogens (tertiary/aromatic N) is 2. The van der Waals surface area contributed by atoms with Gasteiger partial charge in [0, 0.05) is 75.8 Å². The second-order valence-corrected chi connectivity index (χ2v) is 31.0. The van der Waals surface area contributed by atoms with E-state index >= 15 is 0 Å². The van der Waals surface area contributed by atoms with Crippen LogP contribution in [0, 0.1) is 53.3 Å². The molecule has 1 rings (SSSR count). The van der Waals surface area contributed by atoms with Crippen molar-refractivity contribution in [2.45, 2.75) is 258 Å². The van der Waals surface area contributed by atoms with Gasteiger partial charge in [-0.1, -0.05) is 61.8 Å². The number of guanidine groups is 1. The quantitative estimate of drug-likeness (QED) is 0.0156. The number of rotatable bonds is 59. The van der Waals surface area contributed by atoms with Crippen molar-refractivity contribution in [2.75, 3.05) is 59.7 Å². The van der Waals surface area contributed by atoms with E-state index in [-0.39, 0.29) is 101 Å². The molecule has 112 heavy (non-hydrogen) atoms. The first-order valence-electron chi connectivity index (χ1n) is 38.9. The third-order valence-electron chi connectivity index (χ3n) is 19.3. The standard InChI is InChI=1S/C75H131N15O22/c1-39(2)25-48(31-59(98)52(27-41(5)6)86-70(108)47(18-15-23-81-75(78)79)29-61(100)54(36-92)80-12)71(109)89-66(45(11)96)63(102)30-46(17-13-14-22-76)69(107)85-51(26-40(3)4)58(97)20-21-64(103)84-55(37-93)62(101)33-50(44(10)95)72(110)82-34-65(104)90-24-16-19-57(90)74(112)83-43(9)68(106)88-56(38-94)73(111)87-53(28-42(7)8)60(99)32-49(35-91)67(77)105/h39-57,66,80,91-96H,13-38,76H2,1-12H3,(H2,77,105)(H,82,110)(H,83,112)(H,84,103)(H,85,107)(H,86,108)(H,87,111)(H,88,106)(H,89,109)(H4,78,79,81)/t43-,44+,45+,46+,47+,48+,49-,50-,51-,52-,53-,54-,55-,56-,57-,66-/m0/s1. The Morgan fingerprint density at radius 1 is 0.455 bits per heavy atom. The monoisotopic (exact) mass is 1590 g/mol. The van der Waals surface area contributed by atoms with Crippen LogP contribution >= 0.6 is 0 Å². The Bertz CT molecular complexity index is 3140. The first-order valence-corrected chi connectivity index (χ1v) is 38.9. The van der Waals surface area contributed by atoms with E-state index in [1.165, 1.54) is 27.8 Å². The molecular formula is C75H131N15O22. The molecule has 0 aromatic heterocycles. The van der Waals surface area contributed by atoms with Crippen LogP contribution in [-0.2, 0) is 76.7 Å². The molecule has 0 aromatic rings. The normalized spacial score (nSPS) is 16.9. The molecule has 1 aliphatic rings. The van der Waals surface area contributed by atoms with Crippen molar-refractivity contribution in [1.82, 2.24) is 52.8 Å². The average molecular weight is 1590 g/mol. The first-order chi connectivity index (χ1) is 52.5. The Kier molecular flexibility index (Phi) is 48.0. The summed E-state index contributed by atoms with van der Waals surface area (Å²) >= 11 is 0. The summed E-state index contributed by atoms with van der Waals surface area (Å²) in [5.41, 5.74) is 22.0. The number of nitrogens with two attached hydrogens (primary N) is 4. The minimum absolute atomic E-state index is 0.0362. The van der Waals surface area contributed by atoms with Gasteiger partial charge >= 0.3 is 0 Å². The molecule has 0 aromatic carbocycles. The van der Waals surface area contributed by atoms with Gasteiger partial charge in [0.2, 0.25) is 59.1 Å². The van der Waals surface area contributed by atoms with E-state index in [2.05, 4.69) is 52.8 Å². The van der Waals surface area contributed by atoms with E-state index in [4.69, 9.17) is 22.9 Å². The van der Waals surface area contributed by atoms with Crippen molar-refractivity contribution < 1.29 is 107 Å². The van der Waals surface area contributed by atoms with Crippen molar-refractivity contribution in [2.24, 2.45) is 81.2 Å². The van der Waals surface area contributed by atoms with E-state index in [1.54, 1.807) is 27.7 Å². The highest BCUT2D eigenvalue weighted by Crippen LogP contribution is 2.25. The molecule has 1 fully saturated rings. The Hall–Kier alpha value is -8.33. The molecule has 23 N–H and O–H groups in total. The SMILES string of the molecule is CN[C@@H](CO)C(=O)C[C@@H](CCCN=C(N)N)C(=O)N[C@@H](CC(C)C)C(=O)C[C@@H](CC(C)C)C(=O)N[C@H](C(=O)C[C@@H](CCCCN)C(=O)N[C@@H](CC(C)C)C(=O)CCC(=O)N[C@@H](CO)C(=O)C[C@H](C(=O)NCC(=O)N1CCC[C@H]1C(=O)N[C@@H](C)C(=O)N[C@@H](CO)C(=O)N[C@@H](CC(C)C)C(=O)C[C@@H](CO)C(N)=O)[C@@H](C)O)[C@@H](C)O. The first kappa shape index (κ1) is 102. The number of aliphatic hydroxyl groups is 6. The van der Waals surface area contributed by atoms with Gasteiger partial charge in [0.1, 0.15) is 30.2 Å². The van der Waals surface area contributed by atoms with Crippen LogP contribution in [-0.4, -0.2) is 262 Å². The van der Waals surface area contributed by atoms with Crippen LogP contribution in [0.5, 0.6) is 0 Å². The van der Waals surface area contributed by atoms with Gasteiger partial charge in [0.25, 0.3) is 0 Å². The number of Topliss-reactive ketones (excluding diaryl/α,β-unsaturated/α-hetero) is 6. The molecule has 0 spiro atoms. The number of likely N-dealkylation sites (N-methyl/N-ethyl adjacent to an activating group) is 1. The van der Waals surface area contributed by atoms with Crippen LogP contribution in [0.3, 0.4) is 0 Å². The van der Waals surface area contributed by atoms with Gasteiger partial charge in [-0.2, -0.15) is 0 Å². The second kappa shape index (κ2) is 52.9. The maximum absolute atomic E-state index is 14.4. The maximum Gasteiger partial charge on any atom is 0.245 e. The van der Waals surface area contributed by atoms with E-state index < -0.39 is 261 Å². The number of nitrogens with one attached hydrogen (secondary N) is 9. The number of carbonyl (C=O) groups is 16. The Labute approximate surface area is 656 Å². The van der Waals surface area contributed by atoms with Crippen LogP contribution in [0.15, 0.2) is 4.99 Å². The van der Waals surface area contributed by atoms with E-state index in [9.17, 15) is 107 Å². The fraction of sp³-hybridized carbons (Fsp3) is 0.773. The highest BCUT2D eigenvalue weighted by atomic mass is 16.3. The van der Waals surface area contributed by atoms with Crippen molar-refractivity contribution in [3.8, 4) is 0 Å². The lowest BCUT2D eigenvalue weighted by Crippen LogP contribution is -2.58. The van der Waals surface area contributed by atoms with Crippen LogP contribution < -0.4 is 70.8 Å². The third kappa shape index (κ3) is 37.5. The van der Waals surface area contributed by atoms with Crippen molar-refractivity contribution >= 4 is 99.7 Å². The predicted molar refractivity (Wildman–Crippen MR) is 411 cm³/mol. The van der Waals surface area contributed by atoms with Gasteiger partial charge in [-0.3, -0.25) is 81.7 Å². The number of ketones is 6. The zero-order valence-electron chi connectivity index (χ0n) is 67.4. The molecule has 1 aliphatic heterocycles. The molecular weight excluding hydrogens is 1460 g/mol. The summed E-state index contributed by atoms with van der Waals surface area (Å²) in [4.78, 5) is 223. The lowest BCUT2D eigenvalue weighted by molar-refractivity contribution is -0.141. The topological polar surface area (TPSA) is 622 Å². The highest BCUT2D eigenvalue weighted by Gasteiger charge is 2.40. The second-order valence-electron chi connectivity index (χ2n) is 31.0. The van der Waals surface area contributed by atoms with Gasteiger partial charge < -0.3 is 106 Å². The summed E-state index contributed by atoms with van der Waals surface area (Å²) in [6.07, 6.45) is -4.48. The van der Waals surface area contributed by atoms with Crippen LogP contribution in [0.2, 0.25) is 0 Å². The number of amides is 10. The summed E-state index contributed by atoms with van der Waals surface area (Å²) in [5.74, 6) is -19.1. The third-order valence-corrected chi connectivity index (χ3v) is 19.3. The molecule has 0 aliphatic carbocycles. The van der Waals surface area contributed by atoms with Gasteiger partial charge in [0.05, 0.1) is 81.2 Å². The summed E-state index contributed by atoms with van der Waals surface area (Å²) < 4.78 is 0. The van der Waals surface area contributed by atoms with E-state index in [0.717, 1.165) is 4.90 Å². The van der Waals surface area contributed by atoms with Gasteiger partial charge in [-0.05, 0) is 122 Å². The Morgan fingerprint density at radius 2 is 0.920 bits per heavy atom. The number of hydrogen-bond donors (Lipinski definition) is 19. The smallest absolute Gasteiger partial charge is 0.245 e. The van der Waals surface area contributed by atoms with Crippen molar-refractivity contribution in [3.63, 3.8) is 0 Å². The largest absolute Gasteiger partial charge is 0.396 e. The predicted octanol–water partition coefficient (Wildman–Crippen LogP) is -4.10. The Balaban J connectivity index is 3.21. The number of primary amides is 1. The summed E-state index contributed by atoms with van der Waals surface area (Å²) in [6.45, 7) is 14.5. The highest BCUT2D eigenvalue weighted by molar-refractivity contribution is 6.00. The minimum atomic E-state index is -1.66. The minimum Gasteiger partial charge on any atom is -0.396 e. The van der Waals surface area contributed by atoms with E-state index in [1.807, 2.05) is 27.7 Å². The zero-order valence-corrected chi connectivity index (χ0v) is 67.4. The molecule has 37 heteroatoms. The van der Waals surface area contributed by atoms with Crippen LogP contribution in [0.4, 0.5) is 0 Å². The maximum atomic E-state index is 14.4. The number of aliphatic hydroxyl groups excluding tert-OH is 6. The fourth-order valence-electron chi connectivity index (χ4n) is 12.9. The number of likely N-dealkylation sites (tertiary alicyclic amines) is 1. The van der Waals surface area contributed by atoms with Crippen LogP contribution in [0.25, 0.3) is 0 Å². The summed E-state index contributed by atoms with van der Waals surface area (Å²) in [5, 5.41) is 84.2. The molecule has 0 bridgehead atoms. The molecule has 638 valence electrons. The lowest BCUT2D eigenvalue weighted by atomic mass is 9.86. The number of aliphatic imine (C=N–C) groups is 1. The number of unbranched alkanes of at least 4 members (excludes halogenated alkanes) is 1. The molecule has 16 atom stereocenters. The molecule has 0 unspecified atom stereocenters. The molecule has 0 saturated carbocycles. The molecule has 0 radical (unpaired) electrons. The number of carbonyl (C=O) groups excluding carboxylic acids is 16. The molecule has 10 amide bonds. The number of hydrogen-bond acceptors (Lipinski definition) is 25. The van der Waals surface area contributed by atoms with Crippen molar-refractivity contribution in [3.05, 3.63) is 0 Å². The molecule has 37 nitrogen and oxygen atoms in total. The molecule has 1 heterocycles. The Morgan fingerprint density at radius 3 is 1.39 bits per heavy atom. The van der Waals surface area contributed by atoms with Gasteiger partial charge in [0.15, 0.2) is 40.7 Å². The van der Waals surface area contributed by atoms with Crippen LogP contribution in [0.1, 0.15) is 192 Å². The van der Waals surface area contributed by atoms with Crippen molar-refractivity contribution in [1.29, 1.82) is 0 Å². The fourth-order valence-corrected chi connectivity index (χ4v) is 12.9.